The third-order valence-corrected chi connectivity index (χ3v) is 8.65. The summed E-state index contributed by atoms with van der Waals surface area (Å²) in [6.07, 6.45) is 8.00. The SMILES string of the molecule is CCOC1=NC(Cc2ccc(S(C)(C)CCCc3ccc(C)cc3)cc2)C(OCC)=NC1. The van der Waals surface area contributed by atoms with Gasteiger partial charge in [-0.05, 0) is 80.0 Å². The molecule has 0 aromatic heterocycles. The van der Waals surface area contributed by atoms with Crippen LogP contribution in [0.1, 0.15) is 37.0 Å². The minimum absolute atomic E-state index is 0.106. The van der Waals surface area contributed by atoms with Gasteiger partial charge < -0.3 is 9.47 Å². The van der Waals surface area contributed by atoms with E-state index in [0.717, 1.165) is 18.7 Å². The summed E-state index contributed by atoms with van der Waals surface area (Å²) in [6, 6.07) is 18.0. The van der Waals surface area contributed by atoms with E-state index in [9.17, 15) is 0 Å². The number of hydrogen-bond donors (Lipinski definition) is 0. The number of rotatable bonds is 9. The van der Waals surface area contributed by atoms with Crippen molar-refractivity contribution in [2.24, 2.45) is 9.98 Å². The summed E-state index contributed by atoms with van der Waals surface area (Å²) in [5.74, 6) is 2.67. The highest BCUT2D eigenvalue weighted by Crippen LogP contribution is 2.49. The summed E-state index contributed by atoms with van der Waals surface area (Å²) in [7, 11) is -0.820. The summed E-state index contributed by atoms with van der Waals surface area (Å²) in [6.45, 7) is 7.79. The van der Waals surface area contributed by atoms with Gasteiger partial charge in [0.05, 0.1) is 13.2 Å². The topological polar surface area (TPSA) is 43.2 Å². The van der Waals surface area contributed by atoms with Crippen molar-refractivity contribution in [1.82, 2.24) is 0 Å². The van der Waals surface area contributed by atoms with Crippen LogP contribution in [-0.2, 0) is 22.3 Å². The van der Waals surface area contributed by atoms with E-state index in [1.54, 1.807) is 0 Å². The lowest BCUT2D eigenvalue weighted by atomic mass is 10.1. The number of hydrogen-bond acceptors (Lipinski definition) is 4. The number of benzene rings is 2. The van der Waals surface area contributed by atoms with Crippen LogP contribution >= 0.6 is 10.0 Å². The minimum atomic E-state index is -0.820. The maximum absolute atomic E-state index is 5.75. The van der Waals surface area contributed by atoms with Crippen molar-refractivity contribution < 1.29 is 9.47 Å². The Hall–Kier alpha value is -2.27. The molecule has 1 atom stereocenters. The van der Waals surface area contributed by atoms with Gasteiger partial charge in [0.15, 0.2) is 0 Å². The molecule has 0 saturated heterocycles. The Morgan fingerprint density at radius 3 is 2.22 bits per heavy atom. The van der Waals surface area contributed by atoms with Crippen LogP contribution in [0.15, 0.2) is 63.4 Å². The van der Waals surface area contributed by atoms with Gasteiger partial charge >= 0.3 is 0 Å². The predicted molar refractivity (Wildman–Crippen MR) is 139 cm³/mol. The molecule has 0 fully saturated rings. The average Bonchev–Trinajstić information content (AvgIpc) is 2.77. The molecule has 1 heterocycles. The third kappa shape index (κ3) is 6.86. The summed E-state index contributed by atoms with van der Waals surface area (Å²) in [5.41, 5.74) is 4.02. The van der Waals surface area contributed by atoms with E-state index in [1.807, 2.05) is 13.8 Å². The molecule has 0 amide bonds. The van der Waals surface area contributed by atoms with Crippen molar-refractivity contribution in [2.75, 3.05) is 38.0 Å². The zero-order valence-corrected chi connectivity index (χ0v) is 21.1. The summed E-state index contributed by atoms with van der Waals surface area (Å²) >= 11 is 0. The van der Waals surface area contributed by atoms with Crippen LogP contribution in [0, 0.1) is 6.92 Å². The van der Waals surface area contributed by atoms with Crippen molar-refractivity contribution >= 4 is 21.8 Å². The Bertz CT molecular complexity index is 918. The van der Waals surface area contributed by atoms with Crippen molar-refractivity contribution in [1.29, 1.82) is 0 Å². The smallest absolute Gasteiger partial charge is 0.209 e. The number of aryl methyl sites for hydroxylation is 2. The van der Waals surface area contributed by atoms with Gasteiger partial charge in [-0.1, -0.05) is 42.0 Å². The molecule has 4 nitrogen and oxygen atoms in total. The van der Waals surface area contributed by atoms with Gasteiger partial charge in [0, 0.05) is 6.42 Å². The number of ether oxygens (including phenoxy) is 2. The Morgan fingerprint density at radius 1 is 0.906 bits per heavy atom. The molecule has 2 aromatic rings. The Kier molecular flexibility index (Phi) is 8.80. The van der Waals surface area contributed by atoms with Gasteiger partial charge in [-0.2, -0.15) is 0 Å². The van der Waals surface area contributed by atoms with Crippen LogP contribution in [-0.4, -0.2) is 55.9 Å². The maximum Gasteiger partial charge on any atom is 0.209 e. The Balaban J connectivity index is 1.60. The van der Waals surface area contributed by atoms with Crippen LogP contribution in [0.3, 0.4) is 0 Å². The molecule has 0 N–H and O–H groups in total. The molecule has 174 valence electrons. The quantitative estimate of drug-likeness (QED) is 0.477. The first-order valence-electron chi connectivity index (χ1n) is 11.6. The lowest BCUT2D eigenvalue weighted by Gasteiger charge is -2.32. The van der Waals surface area contributed by atoms with Crippen LogP contribution in [0.4, 0.5) is 0 Å². The van der Waals surface area contributed by atoms with E-state index in [1.165, 1.54) is 33.8 Å². The van der Waals surface area contributed by atoms with Gasteiger partial charge in [-0.15, -0.1) is 0 Å². The van der Waals surface area contributed by atoms with E-state index in [4.69, 9.17) is 14.5 Å². The van der Waals surface area contributed by atoms with Crippen LogP contribution in [0.2, 0.25) is 0 Å². The first kappa shape index (κ1) is 24.4. The van der Waals surface area contributed by atoms with Crippen molar-refractivity contribution in [2.45, 2.75) is 51.0 Å². The lowest BCUT2D eigenvalue weighted by molar-refractivity contribution is 0.293. The average molecular weight is 455 g/mol. The largest absolute Gasteiger partial charge is 0.480 e. The first-order chi connectivity index (χ1) is 15.4. The second kappa shape index (κ2) is 11.6. The zero-order chi connectivity index (χ0) is 23.0. The van der Waals surface area contributed by atoms with Crippen LogP contribution in [0.25, 0.3) is 0 Å². The van der Waals surface area contributed by atoms with Gasteiger partial charge in [0.1, 0.15) is 12.6 Å². The summed E-state index contributed by atoms with van der Waals surface area (Å²) in [4.78, 5) is 10.8. The number of nitrogens with zero attached hydrogens (tertiary/aromatic N) is 2. The predicted octanol–water partition coefficient (Wildman–Crippen LogP) is 5.85. The number of aliphatic imine (C=N–C) groups is 2. The normalized spacial score (nSPS) is 16.8. The molecule has 5 heteroatoms. The van der Waals surface area contributed by atoms with Crippen LogP contribution in [0.5, 0.6) is 0 Å². The Morgan fingerprint density at radius 2 is 1.56 bits per heavy atom. The second-order valence-corrected chi connectivity index (χ2v) is 12.7. The molecular weight excluding hydrogens is 416 g/mol. The molecular formula is C27H38N2O2S. The van der Waals surface area contributed by atoms with E-state index in [-0.39, 0.29) is 6.04 Å². The molecule has 0 radical (unpaired) electrons. The molecule has 1 unspecified atom stereocenters. The second-order valence-electron chi connectivity index (χ2n) is 8.74. The fraction of sp³-hybridized carbons (Fsp3) is 0.481. The van der Waals surface area contributed by atoms with Gasteiger partial charge in [-0.3, -0.25) is 0 Å². The monoisotopic (exact) mass is 454 g/mol. The first-order valence-corrected chi connectivity index (χ1v) is 14.2. The van der Waals surface area contributed by atoms with Crippen molar-refractivity contribution in [3.63, 3.8) is 0 Å². The fourth-order valence-electron chi connectivity index (χ4n) is 3.92. The molecule has 1 aliphatic rings. The molecule has 2 aromatic carbocycles. The third-order valence-electron chi connectivity index (χ3n) is 5.79. The fourth-order valence-corrected chi connectivity index (χ4v) is 5.89. The minimum Gasteiger partial charge on any atom is -0.480 e. The van der Waals surface area contributed by atoms with E-state index in [0.29, 0.717) is 25.7 Å². The summed E-state index contributed by atoms with van der Waals surface area (Å²) < 4.78 is 11.4. The molecule has 3 rings (SSSR count). The van der Waals surface area contributed by atoms with Crippen molar-refractivity contribution in [3.8, 4) is 0 Å². The molecule has 0 spiro atoms. The highest BCUT2D eigenvalue weighted by atomic mass is 32.3. The molecule has 1 aliphatic heterocycles. The highest BCUT2D eigenvalue weighted by Gasteiger charge is 2.23. The lowest BCUT2D eigenvalue weighted by Crippen LogP contribution is -2.31. The highest BCUT2D eigenvalue weighted by molar-refractivity contribution is 8.32. The molecule has 32 heavy (non-hydrogen) atoms. The standard InChI is InChI=1S/C27H38N2O2S/c1-6-30-26-20-28-27(31-7-2)25(29-26)19-23-14-16-24(17-15-23)32(4,5)18-8-9-22-12-10-21(3)11-13-22/h10-17,25H,6-9,18-20H2,1-5H3. The van der Waals surface area contributed by atoms with Gasteiger partial charge in [0.2, 0.25) is 11.8 Å². The molecule has 0 aliphatic carbocycles. The Labute approximate surface area is 195 Å². The van der Waals surface area contributed by atoms with E-state index >= 15 is 0 Å². The van der Waals surface area contributed by atoms with Crippen LogP contribution < -0.4 is 0 Å². The summed E-state index contributed by atoms with van der Waals surface area (Å²) in [5, 5.41) is 0. The van der Waals surface area contributed by atoms with E-state index < -0.39 is 10.0 Å². The van der Waals surface area contributed by atoms with Crippen molar-refractivity contribution in [3.05, 3.63) is 65.2 Å². The molecule has 0 saturated carbocycles. The zero-order valence-electron chi connectivity index (χ0n) is 20.3. The van der Waals surface area contributed by atoms with Gasteiger partial charge in [-0.25, -0.2) is 20.0 Å². The van der Waals surface area contributed by atoms with E-state index in [2.05, 4.69) is 73.0 Å². The molecule has 0 bridgehead atoms. The maximum atomic E-state index is 5.75. The van der Waals surface area contributed by atoms with Gasteiger partial charge in [0.25, 0.3) is 0 Å².